The van der Waals surface area contributed by atoms with Crippen molar-refractivity contribution in [3.8, 4) is 22.8 Å². The largest absolute Gasteiger partial charge is 0.490 e. The second-order valence-electron chi connectivity index (χ2n) is 6.82. The topological polar surface area (TPSA) is 189 Å². The first-order valence-corrected chi connectivity index (χ1v) is 9.67. The molecule has 0 spiro atoms. The Morgan fingerprint density at radius 1 is 1.24 bits per heavy atom. The van der Waals surface area contributed by atoms with Crippen LogP contribution in [-0.4, -0.2) is 49.0 Å². The molecule has 2 heterocycles. The monoisotopic (exact) mass is 463 g/mol. The molecule has 4 rings (SSSR count). The maximum atomic E-state index is 13.2. The summed E-state index contributed by atoms with van der Waals surface area (Å²) in [5, 5.41) is 30.6. The van der Waals surface area contributed by atoms with Crippen molar-refractivity contribution in [2.24, 2.45) is 5.10 Å². The number of nitrogens with zero attached hydrogens (tertiary/aromatic N) is 7. The average Bonchev–Trinajstić information content (AvgIpc) is 3.48. The van der Waals surface area contributed by atoms with Crippen LogP contribution in [0, 0.1) is 10.1 Å². The van der Waals surface area contributed by atoms with Crippen molar-refractivity contribution < 1.29 is 19.1 Å². The zero-order valence-corrected chi connectivity index (χ0v) is 17.9. The summed E-state index contributed by atoms with van der Waals surface area (Å²) in [5.41, 5.74) is 9.51. The molecule has 0 aliphatic heterocycles. The number of hydrazone groups is 1. The maximum Gasteiger partial charge on any atom is 0.311 e. The first-order valence-electron chi connectivity index (χ1n) is 9.67. The molecule has 0 fully saturated rings. The van der Waals surface area contributed by atoms with Gasteiger partial charge in [-0.1, -0.05) is 35.5 Å². The van der Waals surface area contributed by atoms with Crippen LogP contribution in [0.1, 0.15) is 23.0 Å². The van der Waals surface area contributed by atoms with Gasteiger partial charge < -0.3 is 10.5 Å². The molecule has 2 aromatic carbocycles. The molecule has 0 aliphatic carbocycles. The van der Waals surface area contributed by atoms with Gasteiger partial charge in [-0.05, 0) is 29.4 Å². The Morgan fingerprint density at radius 3 is 2.65 bits per heavy atom. The normalized spacial score (nSPS) is 11.3. The van der Waals surface area contributed by atoms with Crippen LogP contribution in [0.3, 0.4) is 0 Å². The highest BCUT2D eigenvalue weighted by molar-refractivity contribution is 6.02. The summed E-state index contributed by atoms with van der Waals surface area (Å²) in [4.78, 5) is 23.9. The minimum Gasteiger partial charge on any atom is -0.490 e. The van der Waals surface area contributed by atoms with Crippen LogP contribution in [0.25, 0.3) is 17.1 Å². The van der Waals surface area contributed by atoms with Crippen molar-refractivity contribution in [2.45, 2.75) is 6.92 Å². The molecular weight excluding hydrogens is 446 g/mol. The number of rotatable bonds is 7. The number of nitrogens with two attached hydrogens (primary N) is 1. The predicted octanol–water partition coefficient (Wildman–Crippen LogP) is 1.97. The van der Waals surface area contributed by atoms with Gasteiger partial charge in [-0.3, -0.25) is 14.9 Å². The molecule has 0 aliphatic rings. The summed E-state index contributed by atoms with van der Waals surface area (Å²) in [7, 11) is 1.34. The number of nitrogens with one attached hydrogen (secondary N) is 1. The van der Waals surface area contributed by atoms with Crippen molar-refractivity contribution in [1.82, 2.24) is 30.7 Å². The van der Waals surface area contributed by atoms with Gasteiger partial charge in [0.05, 0.1) is 17.7 Å². The molecule has 3 N–H and O–H groups in total. The lowest BCUT2D eigenvalue weighted by atomic mass is 10.1. The van der Waals surface area contributed by atoms with Gasteiger partial charge >= 0.3 is 5.69 Å². The number of aromatic nitrogens is 5. The number of nitro groups is 1. The van der Waals surface area contributed by atoms with Gasteiger partial charge in [-0.25, -0.2) is 10.1 Å². The number of hydrogen-bond donors (Lipinski definition) is 2. The van der Waals surface area contributed by atoms with E-state index >= 15 is 0 Å². The van der Waals surface area contributed by atoms with Crippen molar-refractivity contribution in [1.29, 1.82) is 0 Å². The third-order valence-electron chi connectivity index (χ3n) is 4.75. The van der Waals surface area contributed by atoms with Gasteiger partial charge in [0.2, 0.25) is 11.6 Å². The fourth-order valence-electron chi connectivity index (χ4n) is 3.07. The van der Waals surface area contributed by atoms with E-state index in [1.807, 2.05) is 6.07 Å². The first-order chi connectivity index (χ1) is 16.4. The smallest absolute Gasteiger partial charge is 0.311 e. The number of benzene rings is 2. The van der Waals surface area contributed by atoms with E-state index in [0.717, 1.165) is 4.68 Å². The molecule has 0 unspecified atom stereocenters. The maximum absolute atomic E-state index is 13.2. The van der Waals surface area contributed by atoms with E-state index < -0.39 is 10.8 Å². The summed E-state index contributed by atoms with van der Waals surface area (Å²) in [5.74, 6) is -0.699. The Hall–Kier alpha value is -5.14. The van der Waals surface area contributed by atoms with Gasteiger partial charge in [0.1, 0.15) is 5.69 Å². The molecule has 0 radical (unpaired) electrons. The summed E-state index contributed by atoms with van der Waals surface area (Å²) in [6.45, 7) is 1.58. The summed E-state index contributed by atoms with van der Waals surface area (Å²) in [6.07, 6.45) is 0. The summed E-state index contributed by atoms with van der Waals surface area (Å²) >= 11 is 0. The summed E-state index contributed by atoms with van der Waals surface area (Å²) in [6, 6.07) is 13.2. The standard InChI is InChI=1S/C20H17N9O5/c1-11(13-8-9-15(33-2)14(10-13)29(31)32)22-24-20(30)17-16(12-6-4-3-5-7-12)23-27-28(17)19-18(21)25-34-26-19/h3-10H,1-2H3,(H2,21,25)(H,24,30)/b22-11-. The lowest BCUT2D eigenvalue weighted by Crippen LogP contribution is -2.23. The van der Waals surface area contributed by atoms with E-state index in [1.54, 1.807) is 37.3 Å². The molecule has 34 heavy (non-hydrogen) atoms. The van der Waals surface area contributed by atoms with E-state index in [1.165, 1.54) is 19.2 Å². The molecule has 14 nitrogen and oxygen atoms in total. The number of carbonyl (C=O) groups excluding carboxylic acids is 1. The van der Waals surface area contributed by atoms with Crippen LogP contribution < -0.4 is 15.9 Å². The number of nitrogen functional groups attached to an aromatic ring is 1. The predicted molar refractivity (Wildman–Crippen MR) is 118 cm³/mol. The molecule has 0 saturated carbocycles. The fourth-order valence-corrected chi connectivity index (χ4v) is 3.07. The van der Waals surface area contributed by atoms with Crippen molar-refractivity contribution in [3.63, 3.8) is 0 Å². The molecule has 172 valence electrons. The SMILES string of the molecule is COc1ccc(/C(C)=N\NC(=O)c2c(-c3ccccc3)nnn2-c2nonc2N)cc1[N+](=O)[O-]. The Kier molecular flexibility index (Phi) is 5.94. The van der Waals surface area contributed by atoms with Gasteiger partial charge in [-0.15, -0.1) is 5.10 Å². The van der Waals surface area contributed by atoms with Crippen LogP contribution in [0.2, 0.25) is 0 Å². The molecular formula is C20H17N9O5. The zero-order valence-electron chi connectivity index (χ0n) is 17.9. The van der Waals surface area contributed by atoms with Crippen LogP contribution in [0.4, 0.5) is 11.5 Å². The van der Waals surface area contributed by atoms with Gasteiger partial charge in [0.25, 0.3) is 5.91 Å². The minimum absolute atomic E-state index is 0.0219. The first kappa shape index (κ1) is 22.1. The van der Waals surface area contributed by atoms with Gasteiger partial charge in [0, 0.05) is 17.2 Å². The van der Waals surface area contributed by atoms with E-state index in [-0.39, 0.29) is 34.5 Å². The molecule has 4 aromatic rings. The second kappa shape index (κ2) is 9.15. The number of methoxy groups -OCH3 is 1. The van der Waals surface area contributed by atoms with Gasteiger partial charge in [-0.2, -0.15) is 9.78 Å². The van der Waals surface area contributed by atoms with Crippen LogP contribution >= 0.6 is 0 Å². The highest BCUT2D eigenvalue weighted by Crippen LogP contribution is 2.28. The van der Waals surface area contributed by atoms with Crippen molar-refractivity contribution in [2.75, 3.05) is 12.8 Å². The Labute approximate surface area is 191 Å². The molecule has 0 atom stereocenters. The van der Waals surface area contributed by atoms with Crippen molar-refractivity contribution >= 4 is 23.1 Å². The Morgan fingerprint density at radius 2 is 2.00 bits per heavy atom. The van der Waals surface area contributed by atoms with E-state index in [9.17, 15) is 14.9 Å². The summed E-state index contributed by atoms with van der Waals surface area (Å²) < 4.78 is 10.7. The fraction of sp³-hybridized carbons (Fsp3) is 0.100. The number of amides is 1. The zero-order chi connectivity index (χ0) is 24.2. The number of nitro benzene ring substituents is 1. The average molecular weight is 463 g/mol. The second-order valence-corrected chi connectivity index (χ2v) is 6.82. The number of hydrogen-bond acceptors (Lipinski definition) is 11. The number of anilines is 1. The van der Waals surface area contributed by atoms with E-state index in [4.69, 9.17) is 10.5 Å². The lowest BCUT2D eigenvalue weighted by Gasteiger charge is -2.07. The third-order valence-corrected chi connectivity index (χ3v) is 4.75. The van der Waals surface area contributed by atoms with E-state index in [2.05, 4.69) is 35.8 Å². The quantitative estimate of drug-likeness (QED) is 0.233. The minimum atomic E-state index is -0.686. The number of carbonyl (C=O) groups is 1. The number of ether oxygens (including phenoxy) is 1. The van der Waals surface area contributed by atoms with Gasteiger partial charge in [0.15, 0.2) is 11.4 Å². The molecule has 2 aromatic heterocycles. The van der Waals surface area contributed by atoms with Crippen molar-refractivity contribution in [3.05, 3.63) is 69.9 Å². The van der Waals surface area contributed by atoms with Crippen LogP contribution in [0.5, 0.6) is 5.75 Å². The van der Waals surface area contributed by atoms with Crippen LogP contribution in [-0.2, 0) is 0 Å². The highest BCUT2D eigenvalue weighted by Gasteiger charge is 2.26. The Balaban J connectivity index is 1.70. The third kappa shape index (κ3) is 4.14. The van der Waals surface area contributed by atoms with E-state index in [0.29, 0.717) is 16.8 Å². The van der Waals surface area contributed by atoms with Crippen LogP contribution in [0.15, 0.2) is 58.3 Å². The lowest BCUT2D eigenvalue weighted by molar-refractivity contribution is -0.385. The molecule has 0 bridgehead atoms. The Bertz CT molecular complexity index is 1390. The molecule has 14 heteroatoms. The molecule has 0 saturated heterocycles. The highest BCUT2D eigenvalue weighted by atomic mass is 16.6. The molecule has 1 amide bonds.